The Morgan fingerprint density at radius 1 is 1.12 bits per heavy atom. The molecule has 1 aromatic carbocycles. The summed E-state index contributed by atoms with van der Waals surface area (Å²) >= 11 is 0. The van der Waals surface area contributed by atoms with Crippen LogP contribution in [0.25, 0.3) is 0 Å². The van der Waals surface area contributed by atoms with Crippen molar-refractivity contribution in [2.75, 3.05) is 43.6 Å². The molecule has 134 valence electrons. The van der Waals surface area contributed by atoms with E-state index in [0.717, 1.165) is 31.9 Å². The average molecular weight is 362 g/mol. The number of hydrogen-bond acceptors (Lipinski definition) is 6. The Bertz CT molecular complexity index is 786. The number of nitrogens with zero attached hydrogens (tertiary/aromatic N) is 2. The molecule has 25 heavy (non-hydrogen) atoms. The molecule has 0 radical (unpaired) electrons. The van der Waals surface area contributed by atoms with Crippen LogP contribution in [-0.2, 0) is 21.3 Å². The van der Waals surface area contributed by atoms with Crippen molar-refractivity contribution in [1.29, 1.82) is 0 Å². The van der Waals surface area contributed by atoms with Gasteiger partial charge in [-0.15, -0.1) is 0 Å². The zero-order valence-electron chi connectivity index (χ0n) is 14.1. The van der Waals surface area contributed by atoms with E-state index in [1.165, 1.54) is 25.0 Å². The molecule has 1 aliphatic rings. The van der Waals surface area contributed by atoms with Gasteiger partial charge in [-0.3, -0.25) is 0 Å². The normalized spacial score (nSPS) is 15.2. The van der Waals surface area contributed by atoms with Crippen LogP contribution in [0.4, 0.5) is 11.5 Å². The molecule has 2 N–H and O–H groups in total. The molecule has 7 nitrogen and oxygen atoms in total. The molecular formula is C17H22N4O3S. The highest BCUT2D eigenvalue weighted by Gasteiger charge is 2.12. The van der Waals surface area contributed by atoms with Gasteiger partial charge >= 0.3 is 0 Å². The average Bonchev–Trinajstić information content (AvgIpc) is 2.68. The highest BCUT2D eigenvalue weighted by molar-refractivity contribution is 7.89. The van der Waals surface area contributed by atoms with E-state index in [-0.39, 0.29) is 4.90 Å². The van der Waals surface area contributed by atoms with Crippen molar-refractivity contribution in [3.05, 3.63) is 48.2 Å². The smallest absolute Gasteiger partial charge is 0.241 e. The fourth-order valence-corrected chi connectivity index (χ4v) is 3.27. The van der Waals surface area contributed by atoms with Gasteiger partial charge in [-0.2, -0.15) is 0 Å². The molecule has 1 fully saturated rings. The van der Waals surface area contributed by atoms with E-state index in [1.807, 2.05) is 0 Å². The van der Waals surface area contributed by atoms with Crippen LogP contribution in [0, 0.1) is 0 Å². The summed E-state index contributed by atoms with van der Waals surface area (Å²) in [5.74, 6) is 0.632. The zero-order chi connectivity index (χ0) is 17.7. The van der Waals surface area contributed by atoms with Crippen molar-refractivity contribution < 1.29 is 13.2 Å². The third-order valence-corrected chi connectivity index (χ3v) is 5.50. The van der Waals surface area contributed by atoms with Crippen LogP contribution >= 0.6 is 0 Å². The Hall–Kier alpha value is -2.16. The van der Waals surface area contributed by atoms with Gasteiger partial charge in [0.05, 0.1) is 13.2 Å². The minimum absolute atomic E-state index is 0.149. The fourth-order valence-electron chi connectivity index (χ4n) is 2.60. The molecule has 0 atom stereocenters. The molecule has 2 aromatic rings. The number of benzene rings is 1. The maximum atomic E-state index is 11.7. The predicted molar refractivity (Wildman–Crippen MR) is 97.3 cm³/mol. The van der Waals surface area contributed by atoms with E-state index in [0.29, 0.717) is 12.4 Å². The van der Waals surface area contributed by atoms with Gasteiger partial charge in [-0.1, -0.05) is 12.1 Å². The number of hydrogen-bond donors (Lipinski definition) is 2. The SMILES string of the molecule is CNS(=O)(=O)c1ccc(NCc2ccc(N3CCOCC3)cc2)nc1. The number of nitrogens with one attached hydrogen (secondary N) is 2. The first-order valence-electron chi connectivity index (χ1n) is 8.13. The predicted octanol–water partition coefficient (Wildman–Crippen LogP) is 1.44. The van der Waals surface area contributed by atoms with E-state index in [9.17, 15) is 8.42 Å². The van der Waals surface area contributed by atoms with E-state index < -0.39 is 10.0 Å². The van der Waals surface area contributed by atoms with Crippen LogP contribution in [0.15, 0.2) is 47.5 Å². The summed E-state index contributed by atoms with van der Waals surface area (Å²) < 4.78 is 31.0. The van der Waals surface area contributed by atoms with Gasteiger partial charge in [0, 0.05) is 31.5 Å². The second-order valence-corrected chi connectivity index (χ2v) is 7.59. The molecule has 2 heterocycles. The van der Waals surface area contributed by atoms with Gasteiger partial charge in [0.15, 0.2) is 0 Å². The monoisotopic (exact) mass is 362 g/mol. The molecule has 0 amide bonds. The molecule has 0 saturated carbocycles. The van der Waals surface area contributed by atoms with Crippen LogP contribution in [0.1, 0.15) is 5.56 Å². The summed E-state index contributed by atoms with van der Waals surface area (Å²) in [6.07, 6.45) is 1.34. The lowest BCUT2D eigenvalue weighted by molar-refractivity contribution is 0.122. The largest absolute Gasteiger partial charge is 0.378 e. The van der Waals surface area contributed by atoms with Crippen LogP contribution < -0.4 is 14.9 Å². The lowest BCUT2D eigenvalue weighted by Crippen LogP contribution is -2.36. The zero-order valence-corrected chi connectivity index (χ0v) is 14.9. The van der Waals surface area contributed by atoms with E-state index in [1.54, 1.807) is 6.07 Å². The number of aromatic nitrogens is 1. The van der Waals surface area contributed by atoms with Gasteiger partial charge in [-0.25, -0.2) is 18.1 Å². The first kappa shape index (κ1) is 17.7. The minimum Gasteiger partial charge on any atom is -0.378 e. The highest BCUT2D eigenvalue weighted by atomic mass is 32.2. The van der Waals surface area contributed by atoms with Gasteiger partial charge in [0.25, 0.3) is 0 Å². The lowest BCUT2D eigenvalue weighted by Gasteiger charge is -2.28. The maximum Gasteiger partial charge on any atom is 0.241 e. The molecule has 0 spiro atoms. The maximum absolute atomic E-state index is 11.7. The summed E-state index contributed by atoms with van der Waals surface area (Å²) in [7, 11) is -2.07. The van der Waals surface area contributed by atoms with E-state index in [4.69, 9.17) is 4.74 Å². The van der Waals surface area contributed by atoms with Gasteiger partial charge in [0.1, 0.15) is 10.7 Å². The molecule has 0 aliphatic carbocycles. The van der Waals surface area contributed by atoms with Crippen molar-refractivity contribution in [3.8, 4) is 0 Å². The first-order chi connectivity index (χ1) is 12.1. The molecule has 1 aromatic heterocycles. The van der Waals surface area contributed by atoms with Gasteiger partial charge in [0.2, 0.25) is 10.0 Å². The van der Waals surface area contributed by atoms with Crippen LogP contribution in [-0.4, -0.2) is 46.8 Å². The van der Waals surface area contributed by atoms with E-state index in [2.05, 4.69) is 44.2 Å². The summed E-state index contributed by atoms with van der Waals surface area (Å²) in [6.45, 7) is 4.00. The third-order valence-electron chi connectivity index (χ3n) is 4.10. The number of pyridine rings is 1. The second kappa shape index (κ2) is 7.81. The van der Waals surface area contributed by atoms with Crippen molar-refractivity contribution in [1.82, 2.24) is 9.71 Å². The first-order valence-corrected chi connectivity index (χ1v) is 9.62. The van der Waals surface area contributed by atoms with Crippen molar-refractivity contribution in [2.45, 2.75) is 11.4 Å². The van der Waals surface area contributed by atoms with Crippen LogP contribution in [0.2, 0.25) is 0 Å². The quantitative estimate of drug-likeness (QED) is 0.809. The lowest BCUT2D eigenvalue weighted by atomic mass is 10.2. The Balaban J connectivity index is 1.58. The van der Waals surface area contributed by atoms with E-state index >= 15 is 0 Å². The molecule has 3 rings (SSSR count). The Kier molecular flexibility index (Phi) is 5.52. The summed E-state index contributed by atoms with van der Waals surface area (Å²) in [4.78, 5) is 6.60. The molecule has 1 saturated heterocycles. The fraction of sp³-hybridized carbons (Fsp3) is 0.353. The molecule has 0 unspecified atom stereocenters. The number of rotatable bonds is 6. The Morgan fingerprint density at radius 3 is 2.44 bits per heavy atom. The van der Waals surface area contributed by atoms with Crippen molar-refractivity contribution in [2.24, 2.45) is 0 Å². The van der Waals surface area contributed by atoms with Crippen LogP contribution in [0.5, 0.6) is 0 Å². The third kappa shape index (κ3) is 4.47. The van der Waals surface area contributed by atoms with Crippen LogP contribution in [0.3, 0.4) is 0 Å². The summed E-state index contributed by atoms with van der Waals surface area (Å²) in [5.41, 5.74) is 2.33. The number of ether oxygens (including phenoxy) is 1. The van der Waals surface area contributed by atoms with Crippen molar-refractivity contribution >= 4 is 21.5 Å². The minimum atomic E-state index is -3.45. The number of sulfonamides is 1. The Morgan fingerprint density at radius 2 is 1.84 bits per heavy atom. The highest BCUT2D eigenvalue weighted by Crippen LogP contribution is 2.17. The van der Waals surface area contributed by atoms with Gasteiger partial charge < -0.3 is 15.0 Å². The molecule has 0 bridgehead atoms. The van der Waals surface area contributed by atoms with Gasteiger partial charge in [-0.05, 0) is 36.9 Å². The second-order valence-electron chi connectivity index (χ2n) is 5.71. The molecule has 8 heteroatoms. The molecule has 1 aliphatic heterocycles. The topological polar surface area (TPSA) is 83.6 Å². The number of morpholine rings is 1. The number of anilines is 2. The summed E-state index contributed by atoms with van der Waals surface area (Å²) in [5, 5.41) is 3.20. The summed E-state index contributed by atoms with van der Waals surface area (Å²) in [6, 6.07) is 11.6. The standard InChI is InChI=1S/C17H22N4O3S/c1-18-25(22,23)16-6-7-17(20-13-16)19-12-14-2-4-15(5-3-14)21-8-10-24-11-9-21/h2-7,13,18H,8-12H2,1H3,(H,19,20). The molecular weight excluding hydrogens is 340 g/mol. The Labute approximate surface area is 148 Å². The van der Waals surface area contributed by atoms with Crippen molar-refractivity contribution in [3.63, 3.8) is 0 Å².